The van der Waals surface area contributed by atoms with Crippen LogP contribution >= 0.6 is 0 Å². The monoisotopic (exact) mass is 335 g/mol. The van der Waals surface area contributed by atoms with Crippen LogP contribution in [0.2, 0.25) is 0 Å². The molecule has 0 spiro atoms. The van der Waals surface area contributed by atoms with E-state index in [0.29, 0.717) is 5.92 Å². The summed E-state index contributed by atoms with van der Waals surface area (Å²) in [6.45, 7) is 1.62. The van der Waals surface area contributed by atoms with Crippen LogP contribution in [0.3, 0.4) is 0 Å². The summed E-state index contributed by atoms with van der Waals surface area (Å²) < 4.78 is 7.09. The van der Waals surface area contributed by atoms with E-state index >= 15 is 0 Å². The highest BCUT2D eigenvalue weighted by molar-refractivity contribution is 5.99. The molecule has 1 aliphatic heterocycles. The van der Waals surface area contributed by atoms with Gasteiger partial charge in [-0.05, 0) is 52.9 Å². The molecule has 3 aromatic rings. The van der Waals surface area contributed by atoms with Crippen molar-refractivity contribution in [3.8, 4) is 5.75 Å². The number of ether oxygens (including phenoxy) is 1. The van der Waals surface area contributed by atoms with E-state index in [9.17, 15) is 4.79 Å². The van der Waals surface area contributed by atoms with Crippen molar-refractivity contribution in [3.63, 3.8) is 0 Å². The van der Waals surface area contributed by atoms with E-state index in [4.69, 9.17) is 4.74 Å². The quantitative estimate of drug-likeness (QED) is 0.736. The fourth-order valence-electron chi connectivity index (χ4n) is 3.44. The van der Waals surface area contributed by atoms with Crippen molar-refractivity contribution in [2.45, 2.75) is 6.42 Å². The number of aromatic nitrogens is 2. The summed E-state index contributed by atoms with van der Waals surface area (Å²) in [5.41, 5.74) is 1.97. The van der Waals surface area contributed by atoms with Crippen LogP contribution in [0.25, 0.3) is 10.8 Å². The third-order valence-electron chi connectivity index (χ3n) is 4.82. The molecule has 1 aliphatic rings. The Morgan fingerprint density at radius 1 is 1.20 bits per heavy atom. The van der Waals surface area contributed by atoms with Crippen molar-refractivity contribution in [1.29, 1.82) is 0 Å². The van der Waals surface area contributed by atoms with Gasteiger partial charge in [0.05, 0.1) is 13.3 Å². The second-order valence-corrected chi connectivity index (χ2v) is 6.73. The molecule has 0 unspecified atom stereocenters. The maximum atomic E-state index is 12.7. The lowest BCUT2D eigenvalue weighted by atomic mass is 9.92. The van der Waals surface area contributed by atoms with Crippen LogP contribution in [0.4, 0.5) is 0 Å². The summed E-state index contributed by atoms with van der Waals surface area (Å²) >= 11 is 0. The number of carbonyl (C=O) groups is 1. The first-order chi connectivity index (χ1) is 12.1. The molecular weight excluding hydrogens is 314 g/mol. The first kappa shape index (κ1) is 15.7. The molecule has 1 aromatic heterocycles. The average Bonchev–Trinajstić information content (AvgIpc) is 3.01. The predicted molar refractivity (Wildman–Crippen MR) is 96.8 cm³/mol. The van der Waals surface area contributed by atoms with Crippen molar-refractivity contribution >= 4 is 16.7 Å². The van der Waals surface area contributed by atoms with Crippen molar-refractivity contribution in [1.82, 2.24) is 14.7 Å². The average molecular weight is 335 g/mol. The second-order valence-electron chi connectivity index (χ2n) is 6.73. The van der Waals surface area contributed by atoms with E-state index in [1.165, 1.54) is 5.56 Å². The van der Waals surface area contributed by atoms with E-state index in [2.05, 4.69) is 5.10 Å². The molecule has 1 amide bonds. The molecule has 0 aliphatic carbocycles. The molecule has 0 radical (unpaired) electrons. The van der Waals surface area contributed by atoms with Gasteiger partial charge in [-0.15, -0.1) is 0 Å². The molecule has 1 saturated heterocycles. The third-order valence-corrected chi connectivity index (χ3v) is 4.82. The summed E-state index contributed by atoms with van der Waals surface area (Å²) in [5.74, 6) is 1.43. The van der Waals surface area contributed by atoms with Gasteiger partial charge < -0.3 is 9.64 Å². The lowest BCUT2D eigenvalue weighted by molar-refractivity contribution is 0.0501. The van der Waals surface area contributed by atoms with Gasteiger partial charge in [0, 0.05) is 31.9 Å². The largest absolute Gasteiger partial charge is 0.497 e. The molecule has 25 heavy (non-hydrogen) atoms. The number of nitrogens with zero attached hydrogens (tertiary/aromatic N) is 3. The number of hydrogen-bond acceptors (Lipinski definition) is 3. The van der Waals surface area contributed by atoms with Gasteiger partial charge in [0.2, 0.25) is 0 Å². The molecule has 0 atom stereocenters. The lowest BCUT2D eigenvalue weighted by Gasteiger charge is -2.39. The fourth-order valence-corrected chi connectivity index (χ4v) is 3.44. The van der Waals surface area contributed by atoms with Crippen molar-refractivity contribution in [3.05, 3.63) is 59.9 Å². The zero-order valence-corrected chi connectivity index (χ0v) is 14.5. The number of carbonyl (C=O) groups excluding carboxylic acids is 1. The summed E-state index contributed by atoms with van der Waals surface area (Å²) in [6.07, 6.45) is 4.93. The minimum Gasteiger partial charge on any atom is -0.497 e. The molecule has 5 heteroatoms. The van der Waals surface area contributed by atoms with Crippen LogP contribution in [0, 0.1) is 5.92 Å². The Hall–Kier alpha value is -2.82. The molecule has 128 valence electrons. The minimum atomic E-state index is 0.104. The number of benzene rings is 2. The Balaban J connectivity index is 1.44. The predicted octanol–water partition coefficient (Wildman–Crippen LogP) is 2.90. The first-order valence-corrected chi connectivity index (χ1v) is 8.47. The molecule has 0 bridgehead atoms. The highest BCUT2D eigenvalue weighted by Gasteiger charge is 2.31. The molecule has 4 rings (SSSR count). The van der Waals surface area contributed by atoms with Crippen molar-refractivity contribution in [2.75, 3.05) is 20.2 Å². The topological polar surface area (TPSA) is 47.4 Å². The Labute approximate surface area is 146 Å². The van der Waals surface area contributed by atoms with Crippen molar-refractivity contribution < 1.29 is 9.53 Å². The Kier molecular flexibility index (Phi) is 3.92. The zero-order chi connectivity index (χ0) is 17.4. The number of methoxy groups -OCH3 is 1. The van der Waals surface area contributed by atoms with E-state index in [-0.39, 0.29) is 5.91 Å². The van der Waals surface area contributed by atoms with E-state index in [1.54, 1.807) is 7.11 Å². The Morgan fingerprint density at radius 2 is 2.00 bits per heavy atom. The fraction of sp³-hybridized carbons (Fsp3) is 0.300. The van der Waals surface area contributed by atoms with Gasteiger partial charge in [-0.1, -0.05) is 12.1 Å². The van der Waals surface area contributed by atoms with Crippen LogP contribution < -0.4 is 4.74 Å². The van der Waals surface area contributed by atoms with Gasteiger partial charge in [0.1, 0.15) is 5.75 Å². The smallest absolute Gasteiger partial charge is 0.253 e. The van der Waals surface area contributed by atoms with Crippen LogP contribution in [0.5, 0.6) is 5.75 Å². The standard InChI is InChI=1S/C20H21N3O2/c1-22-11-14(10-21-22)7-15-12-23(13-15)20(24)17-4-3-16-5-6-19(25-2)9-18(16)8-17/h3-6,8-11,15H,7,12-13H2,1-2H3. The molecule has 0 saturated carbocycles. The van der Waals surface area contributed by atoms with Crippen LogP contribution in [0.1, 0.15) is 15.9 Å². The maximum Gasteiger partial charge on any atom is 0.253 e. The molecule has 5 nitrogen and oxygen atoms in total. The molecule has 2 heterocycles. The number of fused-ring (bicyclic) bond motifs is 1. The molecule has 0 N–H and O–H groups in total. The summed E-state index contributed by atoms with van der Waals surface area (Å²) in [6, 6.07) is 11.8. The molecular formula is C20H21N3O2. The van der Waals surface area contributed by atoms with E-state index in [1.807, 2.05) is 65.4 Å². The highest BCUT2D eigenvalue weighted by atomic mass is 16.5. The Morgan fingerprint density at radius 3 is 2.72 bits per heavy atom. The SMILES string of the molecule is COc1ccc2ccc(C(=O)N3CC(Cc4cnn(C)c4)C3)cc2c1. The van der Waals surface area contributed by atoms with Gasteiger partial charge in [-0.3, -0.25) is 9.48 Å². The Bertz CT molecular complexity index is 926. The normalized spacial score (nSPS) is 14.6. The van der Waals surface area contributed by atoms with Gasteiger partial charge in [0.25, 0.3) is 5.91 Å². The minimum absolute atomic E-state index is 0.104. The summed E-state index contributed by atoms with van der Waals surface area (Å²) in [4.78, 5) is 14.6. The van der Waals surface area contributed by atoms with Crippen LogP contribution in [-0.2, 0) is 13.5 Å². The van der Waals surface area contributed by atoms with E-state index < -0.39 is 0 Å². The second kappa shape index (κ2) is 6.24. The van der Waals surface area contributed by atoms with Gasteiger partial charge in [-0.2, -0.15) is 5.10 Å². The van der Waals surface area contributed by atoms with Gasteiger partial charge in [-0.25, -0.2) is 0 Å². The number of hydrogen-bond donors (Lipinski definition) is 0. The van der Waals surface area contributed by atoms with Crippen molar-refractivity contribution in [2.24, 2.45) is 13.0 Å². The van der Waals surface area contributed by atoms with Gasteiger partial charge in [0.15, 0.2) is 0 Å². The maximum absolute atomic E-state index is 12.7. The first-order valence-electron chi connectivity index (χ1n) is 8.47. The number of rotatable bonds is 4. The number of amides is 1. The summed E-state index contributed by atoms with van der Waals surface area (Å²) in [7, 11) is 3.58. The summed E-state index contributed by atoms with van der Waals surface area (Å²) in [5, 5.41) is 6.33. The zero-order valence-electron chi connectivity index (χ0n) is 14.5. The molecule has 2 aromatic carbocycles. The number of likely N-dealkylation sites (tertiary alicyclic amines) is 1. The third kappa shape index (κ3) is 3.09. The van der Waals surface area contributed by atoms with Crippen LogP contribution in [0.15, 0.2) is 48.8 Å². The van der Waals surface area contributed by atoms with Gasteiger partial charge >= 0.3 is 0 Å². The number of aryl methyl sites for hydroxylation is 1. The highest BCUT2D eigenvalue weighted by Crippen LogP contribution is 2.25. The lowest BCUT2D eigenvalue weighted by Crippen LogP contribution is -2.50. The van der Waals surface area contributed by atoms with E-state index in [0.717, 1.165) is 41.6 Å². The van der Waals surface area contributed by atoms with Crippen LogP contribution in [-0.4, -0.2) is 40.8 Å². The molecule has 1 fully saturated rings.